The normalized spacial score (nSPS) is 22.8. The van der Waals surface area contributed by atoms with E-state index in [-0.39, 0.29) is 11.5 Å². The van der Waals surface area contributed by atoms with Gasteiger partial charge < -0.3 is 10.2 Å². The second kappa shape index (κ2) is 5.98. The Morgan fingerprint density at radius 3 is 2.60 bits per heavy atom. The number of H-pyrrole nitrogens is 1. The van der Waals surface area contributed by atoms with Gasteiger partial charge in [-0.3, -0.25) is 19.4 Å². The second-order valence-corrected chi connectivity index (χ2v) is 7.48. The largest absolute Gasteiger partial charge is 0.342 e. The molecule has 2 aliphatic rings. The number of hydrogen-bond acceptors (Lipinski definition) is 4. The molecule has 0 aromatic carbocycles. The van der Waals surface area contributed by atoms with E-state index in [2.05, 4.69) is 15.4 Å². The number of carbonyl (C=O) groups is 1. The van der Waals surface area contributed by atoms with Gasteiger partial charge in [-0.25, -0.2) is 4.98 Å². The smallest absolute Gasteiger partial charge is 0.273 e. The van der Waals surface area contributed by atoms with Crippen LogP contribution >= 0.6 is 0 Å². The number of aromatic amines is 1. The number of carbonyl (C=O) groups excluding carboxylic acids is 1. The van der Waals surface area contributed by atoms with Crippen molar-refractivity contribution in [2.24, 2.45) is 18.9 Å². The standard InChI is InChI=1S/C18H25N5O2/c1-10-14(11(2)20-17-16(10)18(25)21-22(17)3)4-5-15(24)23-8-12-6-19-7-13(12)9-23/h12-13,19H,4-9H2,1-3H3,(H,21,25)/t12-,13+. The highest BCUT2D eigenvalue weighted by Gasteiger charge is 2.37. The number of fused-ring (bicyclic) bond motifs is 2. The van der Waals surface area contributed by atoms with Crippen LogP contribution in [0.3, 0.4) is 0 Å². The first-order valence-electron chi connectivity index (χ1n) is 8.99. The van der Waals surface area contributed by atoms with Gasteiger partial charge in [0.15, 0.2) is 5.65 Å². The molecule has 2 aromatic rings. The van der Waals surface area contributed by atoms with E-state index in [0.717, 1.165) is 43.0 Å². The maximum atomic E-state index is 12.6. The number of pyridine rings is 1. The minimum Gasteiger partial charge on any atom is -0.342 e. The van der Waals surface area contributed by atoms with Crippen LogP contribution < -0.4 is 10.9 Å². The Morgan fingerprint density at radius 1 is 1.24 bits per heavy atom. The van der Waals surface area contributed by atoms with Gasteiger partial charge in [-0.15, -0.1) is 0 Å². The topological polar surface area (TPSA) is 83.0 Å². The van der Waals surface area contributed by atoms with Crippen LogP contribution in [0.1, 0.15) is 23.2 Å². The lowest BCUT2D eigenvalue weighted by molar-refractivity contribution is -0.130. The molecule has 25 heavy (non-hydrogen) atoms. The molecule has 7 nitrogen and oxygen atoms in total. The molecule has 2 N–H and O–H groups in total. The zero-order chi connectivity index (χ0) is 17.7. The van der Waals surface area contributed by atoms with E-state index in [1.165, 1.54) is 0 Å². The van der Waals surface area contributed by atoms with Gasteiger partial charge in [-0.1, -0.05) is 0 Å². The van der Waals surface area contributed by atoms with Crippen LogP contribution in [-0.4, -0.2) is 51.8 Å². The summed E-state index contributed by atoms with van der Waals surface area (Å²) in [6, 6.07) is 0. The van der Waals surface area contributed by atoms with Crippen molar-refractivity contribution in [3.05, 3.63) is 27.2 Å². The number of hydrogen-bond donors (Lipinski definition) is 2. The number of nitrogens with zero attached hydrogens (tertiary/aromatic N) is 3. The molecule has 0 bridgehead atoms. The van der Waals surface area contributed by atoms with Crippen molar-refractivity contribution in [1.29, 1.82) is 0 Å². The highest BCUT2D eigenvalue weighted by atomic mass is 16.2. The van der Waals surface area contributed by atoms with Crippen LogP contribution in [0.4, 0.5) is 0 Å². The summed E-state index contributed by atoms with van der Waals surface area (Å²) in [4.78, 5) is 31.4. The van der Waals surface area contributed by atoms with E-state index >= 15 is 0 Å². The van der Waals surface area contributed by atoms with Gasteiger partial charge in [0.05, 0.1) is 5.39 Å². The van der Waals surface area contributed by atoms with Gasteiger partial charge in [-0.05, 0) is 43.2 Å². The minimum absolute atomic E-state index is 0.116. The van der Waals surface area contributed by atoms with Crippen molar-refractivity contribution in [3.63, 3.8) is 0 Å². The number of rotatable bonds is 3. The van der Waals surface area contributed by atoms with Crippen molar-refractivity contribution in [1.82, 2.24) is 25.0 Å². The number of likely N-dealkylation sites (tertiary alicyclic amines) is 1. The van der Waals surface area contributed by atoms with E-state index in [9.17, 15) is 9.59 Å². The molecule has 0 radical (unpaired) electrons. The maximum absolute atomic E-state index is 12.6. The third kappa shape index (κ3) is 2.66. The summed E-state index contributed by atoms with van der Waals surface area (Å²) < 4.78 is 1.66. The molecule has 2 atom stereocenters. The van der Waals surface area contributed by atoms with Crippen LogP contribution in [0.2, 0.25) is 0 Å². The van der Waals surface area contributed by atoms with Crippen molar-refractivity contribution in [2.45, 2.75) is 26.7 Å². The Balaban J connectivity index is 1.52. The quantitative estimate of drug-likeness (QED) is 0.850. The lowest BCUT2D eigenvalue weighted by atomic mass is 10.00. The molecular formula is C18H25N5O2. The third-order valence-corrected chi connectivity index (χ3v) is 5.91. The average Bonchev–Trinajstić information content (AvgIpc) is 3.21. The summed E-state index contributed by atoms with van der Waals surface area (Å²) in [7, 11) is 1.79. The molecule has 2 aromatic heterocycles. The fourth-order valence-corrected chi connectivity index (χ4v) is 4.47. The first kappa shape index (κ1) is 16.3. The summed E-state index contributed by atoms with van der Waals surface area (Å²) in [5, 5.41) is 6.80. The van der Waals surface area contributed by atoms with Gasteiger partial charge in [0.1, 0.15) is 0 Å². The average molecular weight is 343 g/mol. The summed E-state index contributed by atoms with van der Waals surface area (Å²) >= 11 is 0. The lowest BCUT2D eigenvalue weighted by Crippen LogP contribution is -2.32. The summed E-state index contributed by atoms with van der Waals surface area (Å²) in [6.45, 7) is 7.73. The van der Waals surface area contributed by atoms with Gasteiger partial charge >= 0.3 is 0 Å². The molecule has 0 spiro atoms. The van der Waals surface area contributed by atoms with Crippen molar-refractivity contribution in [2.75, 3.05) is 26.2 Å². The Morgan fingerprint density at radius 2 is 1.92 bits per heavy atom. The molecule has 4 heterocycles. The minimum atomic E-state index is -0.116. The van der Waals surface area contributed by atoms with Gasteiger partial charge in [0.25, 0.3) is 5.56 Å². The van der Waals surface area contributed by atoms with Gasteiger partial charge in [0, 0.05) is 45.3 Å². The van der Waals surface area contributed by atoms with Gasteiger partial charge in [0.2, 0.25) is 5.91 Å². The van der Waals surface area contributed by atoms with E-state index in [1.54, 1.807) is 11.7 Å². The number of aryl methyl sites for hydroxylation is 3. The molecule has 4 rings (SSSR count). The van der Waals surface area contributed by atoms with Crippen molar-refractivity contribution < 1.29 is 4.79 Å². The SMILES string of the molecule is Cc1nc2c(c(C)c1CCC(=O)N1C[C@H]3CNC[C@H]3C1)c(=O)[nH]n2C. The van der Waals surface area contributed by atoms with Crippen LogP contribution in [0.5, 0.6) is 0 Å². The fraction of sp³-hybridized carbons (Fsp3) is 0.611. The summed E-state index contributed by atoms with van der Waals surface area (Å²) in [5.74, 6) is 1.46. The Bertz CT molecular complexity index is 885. The van der Waals surface area contributed by atoms with E-state index < -0.39 is 0 Å². The third-order valence-electron chi connectivity index (χ3n) is 5.91. The van der Waals surface area contributed by atoms with E-state index in [4.69, 9.17) is 0 Å². The summed E-state index contributed by atoms with van der Waals surface area (Å²) in [5.41, 5.74) is 3.43. The first-order valence-corrected chi connectivity index (χ1v) is 8.99. The van der Waals surface area contributed by atoms with Crippen molar-refractivity contribution >= 4 is 16.9 Å². The zero-order valence-corrected chi connectivity index (χ0v) is 15.1. The second-order valence-electron chi connectivity index (χ2n) is 7.48. The molecular weight excluding hydrogens is 318 g/mol. The Hall–Kier alpha value is -2.15. The maximum Gasteiger partial charge on any atom is 0.273 e. The monoisotopic (exact) mass is 343 g/mol. The van der Waals surface area contributed by atoms with Crippen LogP contribution in [0.25, 0.3) is 11.0 Å². The Labute approximate surface area is 146 Å². The molecule has 0 unspecified atom stereocenters. The predicted molar refractivity (Wildman–Crippen MR) is 95.6 cm³/mol. The molecule has 2 fully saturated rings. The molecule has 2 aliphatic heterocycles. The molecule has 134 valence electrons. The molecule has 0 saturated carbocycles. The Kier molecular flexibility index (Phi) is 3.91. The van der Waals surface area contributed by atoms with E-state index in [0.29, 0.717) is 35.7 Å². The number of aromatic nitrogens is 3. The van der Waals surface area contributed by atoms with Gasteiger partial charge in [-0.2, -0.15) is 0 Å². The van der Waals surface area contributed by atoms with Crippen LogP contribution in [0.15, 0.2) is 4.79 Å². The number of nitrogens with one attached hydrogen (secondary N) is 2. The molecule has 7 heteroatoms. The molecule has 2 saturated heterocycles. The fourth-order valence-electron chi connectivity index (χ4n) is 4.47. The van der Waals surface area contributed by atoms with E-state index in [1.807, 2.05) is 18.7 Å². The summed E-state index contributed by atoms with van der Waals surface area (Å²) in [6.07, 6.45) is 1.12. The first-order chi connectivity index (χ1) is 12.0. The lowest BCUT2D eigenvalue weighted by Gasteiger charge is -2.18. The van der Waals surface area contributed by atoms with Crippen LogP contribution in [0, 0.1) is 25.7 Å². The highest BCUT2D eigenvalue weighted by Crippen LogP contribution is 2.27. The number of amides is 1. The predicted octanol–water partition coefficient (Wildman–Crippen LogP) is 0.489. The molecule has 1 amide bonds. The zero-order valence-electron chi connectivity index (χ0n) is 15.1. The highest BCUT2D eigenvalue weighted by molar-refractivity contribution is 5.81. The van der Waals surface area contributed by atoms with Crippen LogP contribution in [-0.2, 0) is 18.3 Å². The molecule has 0 aliphatic carbocycles. The van der Waals surface area contributed by atoms with Crippen molar-refractivity contribution in [3.8, 4) is 0 Å².